The molecule has 308 valence electrons. The molecule has 0 saturated heterocycles. The number of rotatable bonds is 34. The molecule has 0 N–H and O–H groups in total. The van der Waals surface area contributed by atoms with Crippen molar-refractivity contribution in [1.29, 1.82) is 0 Å². The van der Waals surface area contributed by atoms with E-state index >= 15 is 0 Å². The summed E-state index contributed by atoms with van der Waals surface area (Å²) in [5.74, 6) is -0.532. The number of thioether (sulfide) groups is 5. The minimum absolute atomic E-state index is 0.0523. The Hall–Kier alpha value is -1.51. The van der Waals surface area contributed by atoms with Crippen molar-refractivity contribution in [3.8, 4) is 0 Å². The lowest BCUT2D eigenvalue weighted by molar-refractivity contribution is -0.175. The second-order valence-electron chi connectivity index (χ2n) is 11.9. The molecular formula is C34H58O14S5. The summed E-state index contributed by atoms with van der Waals surface area (Å²) < 4.78 is 44.9. The second-order valence-corrected chi connectivity index (χ2v) is 16.8. The van der Waals surface area contributed by atoms with Crippen molar-refractivity contribution in [1.82, 2.24) is 0 Å². The Morgan fingerprint density at radius 2 is 0.604 bits per heavy atom. The molecular weight excluding hydrogens is 793 g/mol. The molecule has 0 aliphatic heterocycles. The van der Waals surface area contributed by atoms with Gasteiger partial charge in [-0.1, -0.05) is 0 Å². The lowest BCUT2D eigenvalue weighted by Gasteiger charge is -2.35. The highest BCUT2D eigenvalue weighted by atomic mass is 32.2. The molecule has 0 spiro atoms. The second kappa shape index (κ2) is 32.7. The lowest BCUT2D eigenvalue weighted by atomic mass is 9.90. The molecule has 0 radical (unpaired) electrons. The highest BCUT2D eigenvalue weighted by Crippen LogP contribution is 2.27. The number of carbonyl (C=O) groups excluding carboxylic acids is 6. The fourth-order valence-electron chi connectivity index (χ4n) is 3.93. The summed E-state index contributed by atoms with van der Waals surface area (Å²) in [5.41, 5.74) is -2.73. The van der Waals surface area contributed by atoms with Crippen LogP contribution >= 0.6 is 58.8 Å². The summed E-state index contributed by atoms with van der Waals surface area (Å²) in [6.07, 6.45) is 9.84. The van der Waals surface area contributed by atoms with Crippen molar-refractivity contribution in [3.63, 3.8) is 0 Å². The monoisotopic (exact) mass is 850 g/mol. The van der Waals surface area contributed by atoms with E-state index in [-0.39, 0.29) is 98.0 Å². The molecule has 19 heteroatoms. The molecule has 0 aromatic rings. The fourth-order valence-corrected chi connectivity index (χ4v) is 5.78. The van der Waals surface area contributed by atoms with Crippen LogP contribution < -0.4 is 0 Å². The van der Waals surface area contributed by atoms with Gasteiger partial charge in [0.1, 0.15) is 39.6 Å². The molecule has 0 unspecified atom stereocenters. The number of hydrogen-bond acceptors (Lipinski definition) is 19. The summed E-state index contributed by atoms with van der Waals surface area (Å²) in [7, 11) is 1.44. The third kappa shape index (κ3) is 26.9. The van der Waals surface area contributed by atoms with E-state index in [1.165, 1.54) is 65.9 Å². The fraction of sp³-hybridized carbons (Fsp3) is 0.824. The zero-order chi connectivity index (χ0) is 39.8. The van der Waals surface area contributed by atoms with Crippen molar-refractivity contribution >= 4 is 94.6 Å². The maximum Gasteiger partial charge on any atom is 0.308 e. The van der Waals surface area contributed by atoms with Crippen LogP contribution in [0.15, 0.2) is 0 Å². The lowest BCUT2D eigenvalue weighted by Crippen LogP contribution is -2.47. The van der Waals surface area contributed by atoms with Crippen LogP contribution in [0.3, 0.4) is 0 Å². The first kappa shape index (κ1) is 51.5. The van der Waals surface area contributed by atoms with E-state index in [9.17, 15) is 28.8 Å². The normalized spacial score (nSPS) is 11.4. The van der Waals surface area contributed by atoms with Gasteiger partial charge in [0.05, 0.1) is 69.2 Å². The highest BCUT2D eigenvalue weighted by Gasteiger charge is 2.41. The summed E-state index contributed by atoms with van der Waals surface area (Å²) in [6, 6.07) is 0. The van der Waals surface area contributed by atoms with Crippen LogP contribution in [0.1, 0.15) is 38.5 Å². The van der Waals surface area contributed by atoms with Gasteiger partial charge in [-0.3, -0.25) is 28.8 Å². The molecule has 0 aliphatic carbocycles. The van der Waals surface area contributed by atoms with Gasteiger partial charge in [0.2, 0.25) is 0 Å². The Bertz CT molecular complexity index is 865. The van der Waals surface area contributed by atoms with Gasteiger partial charge in [0.15, 0.2) is 0 Å². The van der Waals surface area contributed by atoms with Gasteiger partial charge >= 0.3 is 35.8 Å². The Balaban J connectivity index is 6.63. The van der Waals surface area contributed by atoms with E-state index < -0.39 is 46.6 Å². The number of ether oxygens (including phenoxy) is 8. The number of methoxy groups -OCH3 is 1. The van der Waals surface area contributed by atoms with E-state index in [1.54, 1.807) is 0 Å². The average molecular weight is 851 g/mol. The van der Waals surface area contributed by atoms with Gasteiger partial charge < -0.3 is 37.9 Å². The van der Waals surface area contributed by atoms with E-state index in [1.807, 2.05) is 31.3 Å². The van der Waals surface area contributed by atoms with Crippen LogP contribution in [0.25, 0.3) is 0 Å². The molecule has 0 heterocycles. The van der Waals surface area contributed by atoms with Crippen LogP contribution in [0.5, 0.6) is 0 Å². The quantitative estimate of drug-likeness (QED) is 0.0669. The zero-order valence-corrected chi connectivity index (χ0v) is 36.0. The largest absolute Gasteiger partial charge is 0.465 e. The van der Waals surface area contributed by atoms with Gasteiger partial charge in [-0.25, -0.2) is 0 Å². The standard InChI is InChI=1S/C34H58O14S5/c1-41-13-7-27(35)43-21-33(22-44-28(36)8-14-49-2,23-45-29(37)9-15-50-3)19-42-20-34(24-46-30(38)10-16-51-4,25-47-31(39)11-17-52-5)26-48-32(40)12-18-53-6/h7-26H2,1-6H3. The van der Waals surface area contributed by atoms with Crippen molar-refractivity contribution in [2.45, 2.75) is 38.5 Å². The van der Waals surface area contributed by atoms with E-state index in [4.69, 9.17) is 37.9 Å². The highest BCUT2D eigenvalue weighted by molar-refractivity contribution is 7.99. The minimum atomic E-state index is -1.38. The first-order valence-corrected chi connectivity index (χ1v) is 23.9. The van der Waals surface area contributed by atoms with Crippen LogP contribution in [0.4, 0.5) is 0 Å². The molecule has 0 amide bonds. The van der Waals surface area contributed by atoms with Crippen LogP contribution in [0, 0.1) is 10.8 Å². The Labute approximate surface area is 335 Å². The molecule has 0 aliphatic rings. The van der Waals surface area contributed by atoms with Crippen LogP contribution in [0.2, 0.25) is 0 Å². The van der Waals surface area contributed by atoms with E-state index in [0.717, 1.165) is 0 Å². The van der Waals surface area contributed by atoms with Crippen molar-refractivity contribution in [2.75, 3.05) is 127 Å². The average Bonchev–Trinajstić information content (AvgIpc) is 3.16. The molecule has 14 nitrogen and oxygen atoms in total. The zero-order valence-electron chi connectivity index (χ0n) is 31.9. The Morgan fingerprint density at radius 3 is 0.811 bits per heavy atom. The molecule has 0 fully saturated rings. The molecule has 0 bridgehead atoms. The van der Waals surface area contributed by atoms with Gasteiger partial charge in [-0.15, -0.1) is 0 Å². The number of esters is 6. The Kier molecular flexibility index (Phi) is 31.8. The number of carbonyl (C=O) groups is 6. The predicted molar refractivity (Wildman–Crippen MR) is 213 cm³/mol. The minimum Gasteiger partial charge on any atom is -0.465 e. The van der Waals surface area contributed by atoms with Crippen molar-refractivity contribution in [2.24, 2.45) is 10.8 Å². The van der Waals surface area contributed by atoms with E-state index in [2.05, 4.69) is 0 Å². The van der Waals surface area contributed by atoms with Gasteiger partial charge in [-0.05, 0) is 31.3 Å². The molecule has 0 saturated carbocycles. The summed E-state index contributed by atoms with van der Waals surface area (Å²) in [5, 5.41) is 0. The third-order valence-corrected chi connectivity index (χ3v) is 10.2. The Morgan fingerprint density at radius 1 is 0.377 bits per heavy atom. The molecule has 0 atom stereocenters. The topological polar surface area (TPSA) is 176 Å². The van der Waals surface area contributed by atoms with Gasteiger partial charge in [0, 0.05) is 35.9 Å². The SMILES string of the molecule is COCCC(=O)OCC(COCC(COC(=O)CCSC)(COC(=O)CCSC)COC(=O)CCSC)(COC(=O)CCSC)COC(=O)CCSC. The van der Waals surface area contributed by atoms with E-state index in [0.29, 0.717) is 28.8 Å². The number of hydrogen-bond donors (Lipinski definition) is 0. The summed E-state index contributed by atoms with van der Waals surface area (Å²) >= 11 is 7.35. The molecule has 53 heavy (non-hydrogen) atoms. The first-order valence-electron chi connectivity index (χ1n) is 16.9. The summed E-state index contributed by atoms with van der Waals surface area (Å²) in [4.78, 5) is 75.9. The molecule has 0 rings (SSSR count). The summed E-state index contributed by atoms with van der Waals surface area (Å²) in [6.45, 7) is -2.46. The van der Waals surface area contributed by atoms with Gasteiger partial charge in [0.25, 0.3) is 0 Å². The maximum absolute atomic E-state index is 12.7. The van der Waals surface area contributed by atoms with Crippen LogP contribution in [-0.4, -0.2) is 162 Å². The molecule has 0 aromatic carbocycles. The third-order valence-electron chi connectivity index (χ3n) is 7.11. The van der Waals surface area contributed by atoms with Crippen molar-refractivity contribution < 1.29 is 66.7 Å². The molecule has 0 aromatic heterocycles. The predicted octanol–water partition coefficient (Wildman–Crippen LogP) is 4.04. The van der Waals surface area contributed by atoms with Crippen LogP contribution in [-0.2, 0) is 66.7 Å². The smallest absolute Gasteiger partial charge is 0.308 e. The maximum atomic E-state index is 12.7. The van der Waals surface area contributed by atoms with Gasteiger partial charge in [-0.2, -0.15) is 58.8 Å². The van der Waals surface area contributed by atoms with Crippen molar-refractivity contribution in [3.05, 3.63) is 0 Å². The first-order chi connectivity index (χ1) is 25.4.